The van der Waals surface area contributed by atoms with Crippen molar-refractivity contribution in [3.05, 3.63) is 65.4 Å². The first-order valence-electron chi connectivity index (χ1n) is 9.54. The van der Waals surface area contributed by atoms with Crippen molar-refractivity contribution in [2.75, 3.05) is 11.5 Å². The summed E-state index contributed by atoms with van der Waals surface area (Å²) in [5.74, 6) is -0.338. The number of phenolic OH excluding ortho intramolecular Hbond substituents is 2. The van der Waals surface area contributed by atoms with Gasteiger partial charge in [-0.2, -0.15) is 5.10 Å². The van der Waals surface area contributed by atoms with Gasteiger partial charge < -0.3 is 15.1 Å². The molecule has 0 radical (unpaired) electrons. The van der Waals surface area contributed by atoms with Gasteiger partial charge in [0, 0.05) is 17.2 Å². The highest BCUT2D eigenvalue weighted by Gasteiger charge is 2.48. The number of nitrogens with zero attached hydrogens (tertiary/aromatic N) is 2. The summed E-state index contributed by atoms with van der Waals surface area (Å²) in [5, 5.41) is 27.5. The van der Waals surface area contributed by atoms with Gasteiger partial charge in [-0.1, -0.05) is 24.3 Å². The van der Waals surface area contributed by atoms with Crippen LogP contribution in [0.25, 0.3) is 11.3 Å². The Bertz CT molecular complexity index is 1270. The molecule has 0 aliphatic carbocycles. The van der Waals surface area contributed by atoms with Crippen molar-refractivity contribution in [1.82, 2.24) is 15.1 Å². The van der Waals surface area contributed by atoms with Crippen LogP contribution in [0.4, 0.5) is 0 Å². The number of hydrogen-bond donors (Lipinski definition) is 3. The van der Waals surface area contributed by atoms with Gasteiger partial charge in [0.1, 0.15) is 22.9 Å². The van der Waals surface area contributed by atoms with Crippen molar-refractivity contribution in [3.63, 3.8) is 0 Å². The zero-order valence-electron chi connectivity index (χ0n) is 15.8. The first-order valence-corrected chi connectivity index (χ1v) is 11.4. The first-order chi connectivity index (χ1) is 14.4. The van der Waals surface area contributed by atoms with Gasteiger partial charge in [-0.05, 0) is 36.2 Å². The zero-order valence-corrected chi connectivity index (χ0v) is 16.6. The minimum atomic E-state index is -3.22. The second-order valence-electron chi connectivity index (χ2n) is 7.64. The Hall–Kier alpha value is -3.33. The van der Waals surface area contributed by atoms with E-state index in [-0.39, 0.29) is 34.6 Å². The minimum absolute atomic E-state index is 0.0239. The maximum Gasteiger partial charge on any atom is 0.273 e. The number of aromatic amines is 1. The molecule has 2 unspecified atom stereocenters. The van der Waals surface area contributed by atoms with Crippen LogP contribution in [0.3, 0.4) is 0 Å². The van der Waals surface area contributed by atoms with Crippen LogP contribution in [-0.4, -0.2) is 57.2 Å². The monoisotopic (exact) mass is 425 g/mol. The molecular formula is C21H19N3O5S. The molecule has 1 saturated heterocycles. The summed E-state index contributed by atoms with van der Waals surface area (Å²) in [6, 6.07) is 12.1. The number of para-hydroxylation sites is 1. The second-order valence-corrected chi connectivity index (χ2v) is 9.87. The fourth-order valence-corrected chi connectivity index (χ4v) is 6.15. The molecule has 1 amide bonds. The SMILES string of the molecule is O=C1c2[nH]nc(-c3ccccc3O)c2C(c2cccc(O)c2)N1C1CCS(=O)(=O)C1. The number of amides is 1. The van der Waals surface area contributed by atoms with E-state index >= 15 is 0 Å². The van der Waals surface area contributed by atoms with Gasteiger partial charge in [-0.3, -0.25) is 9.89 Å². The number of rotatable bonds is 3. The minimum Gasteiger partial charge on any atom is -0.508 e. The van der Waals surface area contributed by atoms with E-state index < -0.39 is 21.9 Å². The third-order valence-electron chi connectivity index (χ3n) is 5.75. The lowest BCUT2D eigenvalue weighted by molar-refractivity contribution is 0.0677. The number of nitrogens with one attached hydrogen (secondary N) is 1. The number of aromatic hydroxyl groups is 2. The highest BCUT2D eigenvalue weighted by molar-refractivity contribution is 7.91. The third kappa shape index (κ3) is 2.85. The van der Waals surface area contributed by atoms with E-state index in [1.165, 1.54) is 12.1 Å². The lowest BCUT2D eigenvalue weighted by Gasteiger charge is -2.31. The van der Waals surface area contributed by atoms with Crippen molar-refractivity contribution in [2.45, 2.75) is 18.5 Å². The van der Waals surface area contributed by atoms with Gasteiger partial charge in [0.2, 0.25) is 0 Å². The average molecular weight is 425 g/mol. The predicted octanol–water partition coefficient (Wildman–Crippen LogP) is 2.22. The molecule has 30 heavy (non-hydrogen) atoms. The molecular weight excluding hydrogens is 406 g/mol. The van der Waals surface area contributed by atoms with E-state index in [2.05, 4.69) is 10.2 Å². The Labute approximate surface area is 172 Å². The predicted molar refractivity (Wildman–Crippen MR) is 109 cm³/mol. The fourth-order valence-electron chi connectivity index (χ4n) is 4.44. The fraction of sp³-hybridized carbons (Fsp3) is 0.238. The molecule has 2 aliphatic rings. The summed E-state index contributed by atoms with van der Waals surface area (Å²) >= 11 is 0. The largest absolute Gasteiger partial charge is 0.508 e. The number of aromatic nitrogens is 2. The van der Waals surface area contributed by atoms with E-state index in [1.807, 2.05) is 0 Å². The molecule has 1 fully saturated rings. The topological polar surface area (TPSA) is 124 Å². The molecule has 2 aromatic carbocycles. The third-order valence-corrected chi connectivity index (χ3v) is 7.50. The van der Waals surface area contributed by atoms with E-state index in [1.54, 1.807) is 41.3 Å². The van der Waals surface area contributed by atoms with Gasteiger partial charge in [0.05, 0.1) is 17.5 Å². The molecule has 3 N–H and O–H groups in total. The normalized spacial score (nSPS) is 22.4. The molecule has 2 atom stereocenters. The van der Waals surface area contributed by atoms with Crippen LogP contribution in [0.2, 0.25) is 0 Å². The van der Waals surface area contributed by atoms with Crippen LogP contribution < -0.4 is 0 Å². The number of sulfone groups is 1. The lowest BCUT2D eigenvalue weighted by atomic mass is 9.95. The van der Waals surface area contributed by atoms with Crippen LogP contribution in [-0.2, 0) is 9.84 Å². The number of fused-ring (bicyclic) bond motifs is 1. The maximum atomic E-state index is 13.3. The number of H-pyrrole nitrogens is 1. The molecule has 3 heterocycles. The van der Waals surface area contributed by atoms with Gasteiger partial charge in [0.15, 0.2) is 9.84 Å². The Kier molecular flexibility index (Phi) is 4.11. The highest BCUT2D eigenvalue weighted by Crippen LogP contribution is 2.46. The maximum absolute atomic E-state index is 13.3. The van der Waals surface area contributed by atoms with Crippen molar-refractivity contribution in [3.8, 4) is 22.8 Å². The summed E-state index contributed by atoms with van der Waals surface area (Å²) in [5.41, 5.74) is 2.37. The molecule has 0 saturated carbocycles. The molecule has 0 spiro atoms. The quantitative estimate of drug-likeness (QED) is 0.591. The molecule has 9 heteroatoms. The molecule has 2 aliphatic heterocycles. The molecule has 8 nitrogen and oxygen atoms in total. The molecule has 154 valence electrons. The van der Waals surface area contributed by atoms with Crippen molar-refractivity contribution in [2.24, 2.45) is 0 Å². The molecule has 0 bridgehead atoms. The number of hydrogen-bond acceptors (Lipinski definition) is 6. The van der Waals surface area contributed by atoms with Crippen molar-refractivity contribution in [1.29, 1.82) is 0 Å². The van der Waals surface area contributed by atoms with Crippen molar-refractivity contribution >= 4 is 15.7 Å². The van der Waals surface area contributed by atoms with Crippen LogP contribution >= 0.6 is 0 Å². The van der Waals surface area contributed by atoms with Gasteiger partial charge in [-0.25, -0.2) is 8.42 Å². The number of phenols is 2. The average Bonchev–Trinajstić information content (AvgIpc) is 3.36. The second kappa shape index (κ2) is 6.60. The number of carbonyl (C=O) groups excluding carboxylic acids is 1. The Morgan fingerprint density at radius 1 is 1.10 bits per heavy atom. The van der Waals surface area contributed by atoms with Gasteiger partial charge >= 0.3 is 0 Å². The van der Waals surface area contributed by atoms with Gasteiger partial charge in [-0.15, -0.1) is 0 Å². The Balaban J connectivity index is 1.71. The number of carbonyl (C=O) groups is 1. The number of benzene rings is 2. The molecule has 5 rings (SSSR count). The van der Waals surface area contributed by atoms with E-state index in [0.717, 1.165) is 0 Å². The van der Waals surface area contributed by atoms with Crippen LogP contribution in [0, 0.1) is 0 Å². The summed E-state index contributed by atoms with van der Waals surface area (Å²) in [6.07, 6.45) is 0.354. The summed E-state index contributed by atoms with van der Waals surface area (Å²) in [4.78, 5) is 14.9. The highest BCUT2D eigenvalue weighted by atomic mass is 32.2. The summed E-state index contributed by atoms with van der Waals surface area (Å²) < 4.78 is 24.2. The van der Waals surface area contributed by atoms with E-state index in [9.17, 15) is 23.4 Å². The standard InChI is InChI=1S/C21H19N3O5S/c25-14-5-3-4-12(10-14)20-17-18(15-6-1-2-7-16(15)26)22-23-19(17)21(27)24(20)13-8-9-30(28,29)11-13/h1-7,10,13,20,25-26H,8-9,11H2,(H,22,23). The summed E-state index contributed by atoms with van der Waals surface area (Å²) in [7, 11) is -3.22. The first kappa shape index (κ1) is 18.7. The van der Waals surface area contributed by atoms with Crippen LogP contribution in [0.5, 0.6) is 11.5 Å². The molecule has 3 aromatic rings. The zero-order chi connectivity index (χ0) is 21.0. The Morgan fingerprint density at radius 2 is 1.90 bits per heavy atom. The van der Waals surface area contributed by atoms with Crippen molar-refractivity contribution < 1.29 is 23.4 Å². The summed E-state index contributed by atoms with van der Waals surface area (Å²) in [6.45, 7) is 0. The van der Waals surface area contributed by atoms with Crippen LogP contribution in [0.1, 0.15) is 34.1 Å². The van der Waals surface area contributed by atoms with E-state index in [0.29, 0.717) is 28.8 Å². The Morgan fingerprint density at radius 3 is 2.60 bits per heavy atom. The van der Waals surface area contributed by atoms with Gasteiger partial charge in [0.25, 0.3) is 5.91 Å². The van der Waals surface area contributed by atoms with Crippen LogP contribution in [0.15, 0.2) is 48.5 Å². The molecule has 1 aromatic heterocycles. The van der Waals surface area contributed by atoms with E-state index in [4.69, 9.17) is 0 Å². The lowest BCUT2D eigenvalue weighted by Crippen LogP contribution is -2.40. The smallest absolute Gasteiger partial charge is 0.273 e.